The first-order valence-electron chi connectivity index (χ1n) is 11.8. The Labute approximate surface area is 225 Å². The Balaban J connectivity index is 3.76. The second-order valence-corrected chi connectivity index (χ2v) is 9.45. The first-order valence-corrected chi connectivity index (χ1v) is 11.8. The average molecular weight is 565 g/mol. The summed E-state index contributed by atoms with van der Waals surface area (Å²) in [5.41, 5.74) is -0.982. The maximum absolute atomic E-state index is 12.8. The Hall–Kier alpha value is -3.46. The first-order chi connectivity index (χ1) is 17.9. The zero-order valence-corrected chi connectivity index (χ0v) is 23.4. The van der Waals surface area contributed by atoms with Crippen molar-refractivity contribution in [1.29, 1.82) is 0 Å². The third-order valence-corrected chi connectivity index (χ3v) is 5.01. The van der Waals surface area contributed by atoms with Crippen molar-refractivity contribution >= 4 is 36.0 Å². The van der Waals surface area contributed by atoms with Gasteiger partial charge in [-0.3, -0.25) is 19.2 Å². The number of rotatable bonds is 10. The molecule has 0 saturated carbocycles. The van der Waals surface area contributed by atoms with Gasteiger partial charge >= 0.3 is 36.0 Å². The fourth-order valence-electron chi connectivity index (χ4n) is 3.68. The van der Waals surface area contributed by atoms with Gasteiger partial charge in [-0.05, 0) is 20.8 Å². The van der Waals surface area contributed by atoms with Crippen molar-refractivity contribution in [3.05, 3.63) is 0 Å². The van der Waals surface area contributed by atoms with Gasteiger partial charge in [-0.15, -0.1) is 0 Å². The van der Waals surface area contributed by atoms with Gasteiger partial charge in [0, 0.05) is 34.8 Å². The molecule has 39 heavy (non-hydrogen) atoms. The van der Waals surface area contributed by atoms with Crippen LogP contribution in [-0.2, 0) is 66.6 Å². The summed E-state index contributed by atoms with van der Waals surface area (Å²) in [5.74, 6) is -6.79. The van der Waals surface area contributed by atoms with Crippen LogP contribution < -0.4 is 0 Å². The first kappa shape index (κ1) is 33.6. The molecular formula is C24H36O15. The largest absolute Gasteiger partial charge is 0.509 e. The molecule has 0 spiro atoms. The SMILES string of the molecule is COC(=O)[C@]1(OC)C[C@H](OC(=O)OC(C)(C)C)[C@@H](OC(C)=O)[C@H]([C@H](OC(C)=O)[C@@H](COC(C)=O)OC(C)=O)O1. The van der Waals surface area contributed by atoms with Crippen LogP contribution >= 0.6 is 0 Å². The third kappa shape index (κ3) is 10.3. The molecule has 222 valence electrons. The van der Waals surface area contributed by atoms with Crippen LogP contribution in [0.25, 0.3) is 0 Å². The van der Waals surface area contributed by atoms with E-state index in [1.54, 1.807) is 20.8 Å². The fourth-order valence-corrected chi connectivity index (χ4v) is 3.68. The molecule has 15 heteroatoms. The normalized spacial score (nSPS) is 24.3. The maximum atomic E-state index is 12.8. The van der Waals surface area contributed by atoms with Crippen molar-refractivity contribution in [1.82, 2.24) is 0 Å². The highest BCUT2D eigenvalue weighted by Gasteiger charge is 2.60. The minimum atomic E-state index is -2.29. The Morgan fingerprint density at radius 2 is 1.46 bits per heavy atom. The zero-order valence-electron chi connectivity index (χ0n) is 23.4. The molecule has 0 aliphatic carbocycles. The molecule has 1 saturated heterocycles. The molecule has 15 nitrogen and oxygen atoms in total. The van der Waals surface area contributed by atoms with E-state index in [9.17, 15) is 28.8 Å². The van der Waals surface area contributed by atoms with Gasteiger partial charge in [0.25, 0.3) is 5.79 Å². The summed E-state index contributed by atoms with van der Waals surface area (Å²) in [7, 11) is 2.13. The van der Waals surface area contributed by atoms with E-state index in [1.807, 2.05) is 0 Å². The molecule has 0 aromatic heterocycles. The van der Waals surface area contributed by atoms with Gasteiger partial charge in [0.15, 0.2) is 24.4 Å². The van der Waals surface area contributed by atoms with Crippen molar-refractivity contribution in [2.45, 2.75) is 96.8 Å². The van der Waals surface area contributed by atoms with Crippen molar-refractivity contribution in [3.8, 4) is 0 Å². The predicted octanol–water partition coefficient (Wildman–Crippen LogP) is 0.970. The summed E-state index contributed by atoms with van der Waals surface area (Å²) >= 11 is 0. The van der Waals surface area contributed by atoms with Gasteiger partial charge in [-0.1, -0.05) is 0 Å². The minimum Gasteiger partial charge on any atom is -0.465 e. The summed E-state index contributed by atoms with van der Waals surface area (Å²) in [6.07, 6.45) is -9.78. The molecule has 1 fully saturated rings. The van der Waals surface area contributed by atoms with E-state index >= 15 is 0 Å². The zero-order chi connectivity index (χ0) is 30.1. The summed E-state index contributed by atoms with van der Waals surface area (Å²) < 4.78 is 47.7. The highest BCUT2D eigenvalue weighted by Crippen LogP contribution is 2.38. The van der Waals surface area contributed by atoms with E-state index in [2.05, 4.69) is 0 Å². The van der Waals surface area contributed by atoms with Gasteiger partial charge in [0.05, 0.1) is 13.5 Å². The lowest BCUT2D eigenvalue weighted by Gasteiger charge is -2.47. The second-order valence-electron chi connectivity index (χ2n) is 9.45. The Morgan fingerprint density at radius 1 is 0.872 bits per heavy atom. The Bertz CT molecular complexity index is 923. The predicted molar refractivity (Wildman–Crippen MR) is 126 cm³/mol. The molecule has 0 radical (unpaired) electrons. The lowest BCUT2D eigenvalue weighted by atomic mass is 9.90. The molecule has 0 bridgehead atoms. The van der Waals surface area contributed by atoms with E-state index in [0.717, 1.165) is 41.9 Å². The number of hydrogen-bond donors (Lipinski definition) is 0. The molecule has 0 aromatic carbocycles. The van der Waals surface area contributed by atoms with Crippen LogP contribution in [-0.4, -0.2) is 98.7 Å². The van der Waals surface area contributed by atoms with Gasteiger partial charge in [0.2, 0.25) is 0 Å². The summed E-state index contributed by atoms with van der Waals surface area (Å²) in [6.45, 7) is 8.29. The van der Waals surface area contributed by atoms with E-state index in [-0.39, 0.29) is 0 Å². The third-order valence-electron chi connectivity index (χ3n) is 5.01. The molecule has 0 N–H and O–H groups in total. The van der Waals surface area contributed by atoms with Crippen LogP contribution in [0, 0.1) is 0 Å². The molecular weight excluding hydrogens is 528 g/mol. The molecule has 0 amide bonds. The Morgan fingerprint density at radius 3 is 1.90 bits per heavy atom. The summed E-state index contributed by atoms with van der Waals surface area (Å²) in [4.78, 5) is 73.1. The minimum absolute atomic E-state index is 0.557. The lowest BCUT2D eigenvalue weighted by Crippen LogP contribution is -2.66. The smallest absolute Gasteiger partial charge is 0.465 e. The molecule has 0 unspecified atom stereocenters. The van der Waals surface area contributed by atoms with Crippen LogP contribution in [0.15, 0.2) is 0 Å². The maximum Gasteiger partial charge on any atom is 0.509 e. The van der Waals surface area contributed by atoms with Gasteiger partial charge in [0.1, 0.15) is 18.3 Å². The Kier molecular flexibility index (Phi) is 12.1. The van der Waals surface area contributed by atoms with Gasteiger partial charge in [-0.25, -0.2) is 9.59 Å². The van der Waals surface area contributed by atoms with Gasteiger partial charge in [-0.2, -0.15) is 0 Å². The number of carbonyl (C=O) groups is 6. The van der Waals surface area contributed by atoms with Gasteiger partial charge < -0.3 is 42.6 Å². The highest BCUT2D eigenvalue weighted by atomic mass is 16.8. The van der Waals surface area contributed by atoms with Crippen LogP contribution in [0.3, 0.4) is 0 Å². The number of ether oxygens (including phenoxy) is 9. The monoisotopic (exact) mass is 564 g/mol. The van der Waals surface area contributed by atoms with Crippen molar-refractivity contribution in [2.24, 2.45) is 0 Å². The lowest BCUT2D eigenvalue weighted by molar-refractivity contribution is -0.324. The average Bonchev–Trinajstić information content (AvgIpc) is 2.78. The number of hydrogen-bond acceptors (Lipinski definition) is 15. The van der Waals surface area contributed by atoms with Crippen molar-refractivity contribution in [2.75, 3.05) is 20.8 Å². The number of carbonyl (C=O) groups excluding carboxylic acids is 6. The van der Waals surface area contributed by atoms with E-state index in [1.165, 1.54) is 0 Å². The van der Waals surface area contributed by atoms with E-state index in [0.29, 0.717) is 0 Å². The molecule has 1 heterocycles. The summed E-state index contributed by atoms with van der Waals surface area (Å²) in [5, 5.41) is 0. The molecule has 0 aromatic rings. The van der Waals surface area contributed by atoms with Crippen LogP contribution in [0.4, 0.5) is 4.79 Å². The van der Waals surface area contributed by atoms with Crippen molar-refractivity contribution in [3.63, 3.8) is 0 Å². The van der Waals surface area contributed by atoms with Crippen LogP contribution in [0.1, 0.15) is 54.9 Å². The fraction of sp³-hybridized carbons (Fsp3) is 0.750. The molecule has 1 aliphatic heterocycles. The molecule has 1 rings (SSSR count). The van der Waals surface area contributed by atoms with E-state index < -0.39 is 90.9 Å². The topological polar surface area (TPSA) is 185 Å². The van der Waals surface area contributed by atoms with Crippen LogP contribution in [0.2, 0.25) is 0 Å². The highest BCUT2D eigenvalue weighted by molar-refractivity contribution is 5.78. The second kappa shape index (κ2) is 14.1. The number of esters is 5. The molecule has 1 aliphatic rings. The van der Waals surface area contributed by atoms with E-state index in [4.69, 9.17) is 42.6 Å². The summed E-state index contributed by atoms with van der Waals surface area (Å²) in [6, 6.07) is 0. The molecule has 6 atom stereocenters. The number of methoxy groups -OCH3 is 2. The van der Waals surface area contributed by atoms with Crippen molar-refractivity contribution < 1.29 is 71.4 Å². The van der Waals surface area contributed by atoms with Crippen LogP contribution in [0.5, 0.6) is 0 Å². The standard InChI is InChI=1S/C24H36O15/c1-12(25)33-11-17(34-13(2)26)19(36-15(4)28)20-18(35-14(3)27)16(37-22(30)39-23(5,6)7)10-24(32-9,38-20)21(29)31-8/h16-20H,10-11H2,1-9H3/t16-,17+,18+,19+,20+,24-/m0/s1. The quantitative estimate of drug-likeness (QED) is 0.270.